The highest BCUT2D eigenvalue weighted by molar-refractivity contribution is 5.71. The predicted octanol–water partition coefficient (Wildman–Crippen LogP) is 3.75. The molecule has 4 heteroatoms. The molecule has 2 aromatic carbocycles. The van der Waals surface area contributed by atoms with Gasteiger partial charge in [0.15, 0.2) is 0 Å². The molecule has 0 aliphatic rings. The van der Waals surface area contributed by atoms with Gasteiger partial charge in [0.2, 0.25) is 0 Å². The van der Waals surface area contributed by atoms with E-state index in [1.807, 2.05) is 13.0 Å². The smallest absolute Gasteiger partial charge is 0.131 e. The first kappa shape index (κ1) is 14.5. The zero-order valence-electron chi connectivity index (χ0n) is 11.5. The van der Waals surface area contributed by atoms with Crippen LogP contribution in [0.2, 0.25) is 0 Å². The summed E-state index contributed by atoms with van der Waals surface area (Å²) in [5, 5.41) is 3.13. The summed E-state index contributed by atoms with van der Waals surface area (Å²) in [5.41, 5.74) is 1.60. The van der Waals surface area contributed by atoms with Crippen molar-refractivity contribution in [3.63, 3.8) is 0 Å². The van der Waals surface area contributed by atoms with Crippen LogP contribution in [-0.4, -0.2) is 13.7 Å². The summed E-state index contributed by atoms with van der Waals surface area (Å²) < 4.78 is 32.7. The normalized spacial score (nSPS) is 10.6. The maximum Gasteiger partial charge on any atom is 0.131 e. The van der Waals surface area contributed by atoms with Crippen LogP contribution in [0.25, 0.3) is 11.1 Å². The van der Waals surface area contributed by atoms with Gasteiger partial charge in [-0.15, -0.1) is 0 Å². The van der Waals surface area contributed by atoms with Gasteiger partial charge in [0, 0.05) is 17.7 Å². The molecule has 0 saturated heterocycles. The molecular formula is C16H17F2NO. The zero-order valence-corrected chi connectivity index (χ0v) is 11.5. The van der Waals surface area contributed by atoms with Crippen LogP contribution in [0, 0.1) is 11.6 Å². The van der Waals surface area contributed by atoms with Crippen molar-refractivity contribution in [2.75, 3.05) is 13.7 Å². The number of benzene rings is 2. The molecular weight excluding hydrogens is 260 g/mol. The van der Waals surface area contributed by atoms with Crippen molar-refractivity contribution < 1.29 is 13.5 Å². The minimum absolute atomic E-state index is 0.335. The predicted molar refractivity (Wildman–Crippen MR) is 75.7 cm³/mol. The maximum atomic E-state index is 14.2. The molecule has 0 aliphatic heterocycles. The second-order valence-corrected chi connectivity index (χ2v) is 4.44. The Hall–Kier alpha value is -1.94. The fourth-order valence-corrected chi connectivity index (χ4v) is 2.05. The molecule has 1 N–H and O–H groups in total. The molecule has 0 radical (unpaired) electrons. The van der Waals surface area contributed by atoms with E-state index in [4.69, 9.17) is 4.74 Å². The van der Waals surface area contributed by atoms with Gasteiger partial charge in [-0.05, 0) is 36.4 Å². The Bertz CT molecular complexity index is 599. The molecule has 0 atom stereocenters. The Kier molecular flexibility index (Phi) is 4.69. The molecule has 0 spiro atoms. The molecule has 2 rings (SSSR count). The van der Waals surface area contributed by atoms with Crippen molar-refractivity contribution >= 4 is 0 Å². The lowest BCUT2D eigenvalue weighted by atomic mass is 10.0. The average molecular weight is 277 g/mol. The molecule has 2 aromatic rings. The quantitative estimate of drug-likeness (QED) is 0.898. The highest BCUT2D eigenvalue weighted by atomic mass is 19.1. The second kappa shape index (κ2) is 6.48. The molecule has 0 heterocycles. The van der Waals surface area contributed by atoms with Crippen LogP contribution < -0.4 is 10.1 Å². The third-order valence-corrected chi connectivity index (χ3v) is 3.06. The summed E-state index contributed by atoms with van der Waals surface area (Å²) >= 11 is 0. The van der Waals surface area contributed by atoms with Gasteiger partial charge >= 0.3 is 0 Å². The molecule has 0 aromatic heterocycles. The van der Waals surface area contributed by atoms with E-state index in [1.54, 1.807) is 6.07 Å². The van der Waals surface area contributed by atoms with Crippen molar-refractivity contribution in [3.8, 4) is 16.9 Å². The van der Waals surface area contributed by atoms with E-state index < -0.39 is 5.82 Å². The van der Waals surface area contributed by atoms with Crippen molar-refractivity contribution in [2.24, 2.45) is 0 Å². The average Bonchev–Trinajstić information content (AvgIpc) is 2.45. The largest absolute Gasteiger partial charge is 0.496 e. The van der Waals surface area contributed by atoms with E-state index in [2.05, 4.69) is 5.32 Å². The van der Waals surface area contributed by atoms with Crippen LogP contribution >= 0.6 is 0 Å². The Morgan fingerprint density at radius 2 is 1.85 bits per heavy atom. The number of hydrogen-bond donors (Lipinski definition) is 1. The molecule has 0 saturated carbocycles. The van der Waals surface area contributed by atoms with E-state index in [9.17, 15) is 8.78 Å². The summed E-state index contributed by atoms with van der Waals surface area (Å²) in [4.78, 5) is 0. The topological polar surface area (TPSA) is 21.3 Å². The number of ether oxygens (including phenoxy) is 1. The van der Waals surface area contributed by atoms with E-state index in [0.717, 1.165) is 12.1 Å². The first-order valence-electron chi connectivity index (χ1n) is 6.48. The van der Waals surface area contributed by atoms with Gasteiger partial charge in [0.1, 0.15) is 17.4 Å². The van der Waals surface area contributed by atoms with Crippen LogP contribution in [0.15, 0.2) is 36.4 Å². The minimum Gasteiger partial charge on any atom is -0.496 e. The van der Waals surface area contributed by atoms with Crippen LogP contribution in [0.3, 0.4) is 0 Å². The number of rotatable bonds is 5. The van der Waals surface area contributed by atoms with Gasteiger partial charge in [-0.25, -0.2) is 8.78 Å². The van der Waals surface area contributed by atoms with Crippen molar-refractivity contribution in [3.05, 3.63) is 53.6 Å². The number of nitrogens with one attached hydrogen (secondary N) is 1. The van der Waals surface area contributed by atoms with Gasteiger partial charge < -0.3 is 10.1 Å². The number of methoxy groups -OCH3 is 1. The fraction of sp³-hybridized carbons (Fsp3) is 0.250. The van der Waals surface area contributed by atoms with Crippen LogP contribution in [0.5, 0.6) is 5.75 Å². The molecule has 0 fully saturated rings. The van der Waals surface area contributed by atoms with Gasteiger partial charge in [0.05, 0.1) is 7.11 Å². The summed E-state index contributed by atoms with van der Waals surface area (Å²) in [6.45, 7) is 3.41. The fourth-order valence-electron chi connectivity index (χ4n) is 2.05. The van der Waals surface area contributed by atoms with Crippen LogP contribution in [0.4, 0.5) is 8.78 Å². The van der Waals surface area contributed by atoms with Crippen molar-refractivity contribution in [1.29, 1.82) is 0 Å². The highest BCUT2D eigenvalue weighted by Crippen LogP contribution is 2.32. The first-order chi connectivity index (χ1) is 9.65. The third-order valence-electron chi connectivity index (χ3n) is 3.06. The van der Waals surface area contributed by atoms with Crippen molar-refractivity contribution in [2.45, 2.75) is 13.5 Å². The molecule has 0 unspecified atom stereocenters. The number of hydrogen-bond acceptors (Lipinski definition) is 2. The molecule has 20 heavy (non-hydrogen) atoms. The third kappa shape index (κ3) is 3.14. The molecule has 0 aliphatic carbocycles. The molecule has 2 nitrogen and oxygen atoms in total. The Morgan fingerprint density at radius 3 is 2.50 bits per heavy atom. The van der Waals surface area contributed by atoms with E-state index in [-0.39, 0.29) is 5.82 Å². The summed E-state index contributed by atoms with van der Waals surface area (Å²) in [6, 6.07) is 9.00. The Morgan fingerprint density at radius 1 is 1.05 bits per heavy atom. The lowest BCUT2D eigenvalue weighted by molar-refractivity contribution is 0.415. The Balaban J connectivity index is 2.40. The standard InChI is InChI=1S/C16H17F2NO/c1-3-19-10-11-4-6-13(15(18)8-11)14-9-12(17)5-7-16(14)20-2/h4-9,19H,3,10H2,1-2H3. The molecule has 106 valence electrons. The lowest BCUT2D eigenvalue weighted by Gasteiger charge is -2.11. The van der Waals surface area contributed by atoms with Crippen LogP contribution in [-0.2, 0) is 6.54 Å². The van der Waals surface area contributed by atoms with Gasteiger partial charge in [-0.2, -0.15) is 0 Å². The SMILES string of the molecule is CCNCc1ccc(-c2cc(F)ccc2OC)c(F)c1. The molecule has 0 amide bonds. The van der Waals surface area contributed by atoms with E-state index in [1.165, 1.54) is 31.4 Å². The summed E-state index contributed by atoms with van der Waals surface area (Å²) in [7, 11) is 1.48. The summed E-state index contributed by atoms with van der Waals surface area (Å²) in [6.07, 6.45) is 0. The van der Waals surface area contributed by atoms with Gasteiger partial charge in [-0.3, -0.25) is 0 Å². The second-order valence-electron chi connectivity index (χ2n) is 4.44. The monoisotopic (exact) mass is 277 g/mol. The Labute approximate surface area is 117 Å². The number of halogens is 2. The van der Waals surface area contributed by atoms with Crippen LogP contribution in [0.1, 0.15) is 12.5 Å². The van der Waals surface area contributed by atoms with Crippen molar-refractivity contribution in [1.82, 2.24) is 5.32 Å². The lowest BCUT2D eigenvalue weighted by Crippen LogP contribution is -2.11. The van der Waals surface area contributed by atoms with Gasteiger partial charge in [-0.1, -0.05) is 19.1 Å². The maximum absolute atomic E-state index is 14.2. The van der Waals surface area contributed by atoms with Gasteiger partial charge in [0.25, 0.3) is 0 Å². The first-order valence-corrected chi connectivity index (χ1v) is 6.48. The summed E-state index contributed by atoms with van der Waals surface area (Å²) in [5.74, 6) is -0.356. The van der Waals surface area contributed by atoms with E-state index in [0.29, 0.717) is 23.4 Å². The highest BCUT2D eigenvalue weighted by Gasteiger charge is 2.12. The minimum atomic E-state index is -0.420. The zero-order chi connectivity index (χ0) is 14.5. The molecule has 0 bridgehead atoms. The van der Waals surface area contributed by atoms with E-state index >= 15 is 0 Å².